The molecule has 1 saturated heterocycles. The van der Waals surface area contributed by atoms with Crippen molar-refractivity contribution in [3.63, 3.8) is 0 Å². The summed E-state index contributed by atoms with van der Waals surface area (Å²) in [4.78, 5) is 0.225. The molecule has 0 radical (unpaired) electrons. The van der Waals surface area contributed by atoms with Gasteiger partial charge in [0.2, 0.25) is 10.0 Å². The number of benzene rings is 1. The summed E-state index contributed by atoms with van der Waals surface area (Å²) in [5, 5.41) is 0. The lowest BCUT2D eigenvalue weighted by Crippen LogP contribution is -2.31. The third kappa shape index (κ3) is 4.44. The van der Waals surface area contributed by atoms with Gasteiger partial charge in [0.05, 0.1) is 5.75 Å². The largest absolute Gasteiger partial charge is 0.389 e. The van der Waals surface area contributed by atoms with Crippen molar-refractivity contribution in [1.29, 1.82) is 0 Å². The Morgan fingerprint density at radius 2 is 2.20 bits per heavy atom. The predicted octanol–water partition coefficient (Wildman–Crippen LogP) is 1.49. The van der Waals surface area contributed by atoms with Gasteiger partial charge in [0.15, 0.2) is 0 Å². The van der Waals surface area contributed by atoms with Crippen LogP contribution in [0.5, 0.6) is 0 Å². The molecule has 0 spiro atoms. The van der Waals surface area contributed by atoms with E-state index in [4.69, 9.17) is 18.0 Å². The molecule has 7 heteroatoms. The quantitative estimate of drug-likeness (QED) is 0.773. The molecule has 0 aromatic heterocycles. The topological polar surface area (TPSA) is 72.2 Å². The van der Waals surface area contributed by atoms with Crippen LogP contribution in [0.2, 0.25) is 0 Å². The van der Waals surface area contributed by atoms with E-state index >= 15 is 0 Å². The summed E-state index contributed by atoms with van der Waals surface area (Å²) >= 11 is 6.83. The number of sulfonamides is 1. The van der Waals surface area contributed by atoms with Crippen molar-refractivity contribution in [2.45, 2.75) is 12.2 Å². The van der Waals surface area contributed by atoms with Gasteiger partial charge < -0.3 is 5.73 Å². The second-order valence-electron chi connectivity index (χ2n) is 4.86. The molecule has 4 nitrogen and oxygen atoms in total. The van der Waals surface area contributed by atoms with E-state index in [0.29, 0.717) is 23.6 Å². The minimum atomic E-state index is -3.35. The first kappa shape index (κ1) is 15.8. The Hall–Kier alpha value is -0.630. The van der Waals surface area contributed by atoms with Crippen LogP contribution in [-0.2, 0) is 15.8 Å². The Morgan fingerprint density at radius 1 is 1.45 bits per heavy atom. The summed E-state index contributed by atoms with van der Waals surface area (Å²) in [7, 11) is -3.35. The van der Waals surface area contributed by atoms with Crippen LogP contribution >= 0.6 is 24.0 Å². The highest BCUT2D eigenvalue weighted by molar-refractivity contribution is 7.99. The maximum atomic E-state index is 12.1. The molecule has 2 rings (SSSR count). The van der Waals surface area contributed by atoms with Gasteiger partial charge in [0.25, 0.3) is 0 Å². The van der Waals surface area contributed by atoms with E-state index in [9.17, 15) is 8.42 Å². The first-order valence-corrected chi connectivity index (χ1v) is 9.62. The fraction of sp³-hybridized carbons (Fsp3) is 0.462. The normalized spacial score (nSPS) is 19.1. The van der Waals surface area contributed by atoms with E-state index in [0.717, 1.165) is 17.9 Å². The minimum Gasteiger partial charge on any atom is -0.389 e. The highest BCUT2D eigenvalue weighted by Crippen LogP contribution is 2.22. The second-order valence-corrected chi connectivity index (χ2v) is 8.26. The first-order valence-electron chi connectivity index (χ1n) is 6.41. The summed E-state index contributed by atoms with van der Waals surface area (Å²) in [5.41, 5.74) is 6.90. The van der Waals surface area contributed by atoms with Crippen LogP contribution < -0.4 is 10.5 Å². The molecule has 20 heavy (non-hydrogen) atoms. The number of rotatable bonds is 6. The van der Waals surface area contributed by atoms with E-state index in [1.165, 1.54) is 0 Å². The van der Waals surface area contributed by atoms with Gasteiger partial charge in [-0.1, -0.05) is 36.5 Å². The maximum absolute atomic E-state index is 12.1. The van der Waals surface area contributed by atoms with Gasteiger partial charge in [-0.2, -0.15) is 11.8 Å². The lowest BCUT2D eigenvalue weighted by Gasteiger charge is -2.12. The summed E-state index contributed by atoms with van der Waals surface area (Å²) in [6.45, 7) is 0.518. The van der Waals surface area contributed by atoms with Gasteiger partial charge >= 0.3 is 0 Å². The minimum absolute atomic E-state index is 0.0830. The molecule has 0 bridgehead atoms. The summed E-state index contributed by atoms with van der Waals surface area (Å²) in [6.07, 6.45) is 1.08. The summed E-state index contributed by atoms with van der Waals surface area (Å²) in [5.74, 6) is 2.52. The fourth-order valence-corrected chi connectivity index (χ4v) is 4.87. The lowest BCUT2D eigenvalue weighted by molar-refractivity contribution is 0.545. The van der Waals surface area contributed by atoms with Crippen LogP contribution in [0.3, 0.4) is 0 Å². The fourth-order valence-electron chi connectivity index (χ4n) is 2.13. The first-order chi connectivity index (χ1) is 9.48. The van der Waals surface area contributed by atoms with E-state index in [-0.39, 0.29) is 10.7 Å². The number of thiocarbonyl (C=S) groups is 1. The van der Waals surface area contributed by atoms with Gasteiger partial charge in [-0.3, -0.25) is 0 Å². The van der Waals surface area contributed by atoms with E-state index < -0.39 is 10.0 Å². The van der Waals surface area contributed by atoms with Gasteiger partial charge in [-0.25, -0.2) is 13.1 Å². The molecule has 1 aliphatic rings. The van der Waals surface area contributed by atoms with Crippen LogP contribution in [0.15, 0.2) is 24.3 Å². The van der Waals surface area contributed by atoms with Crippen LogP contribution in [0.1, 0.15) is 17.5 Å². The molecular formula is C13H18N2O2S3. The molecular weight excluding hydrogens is 312 g/mol. The summed E-state index contributed by atoms with van der Waals surface area (Å²) in [6, 6.07) is 7.09. The van der Waals surface area contributed by atoms with Crippen LogP contribution in [0.4, 0.5) is 0 Å². The number of nitrogens with one attached hydrogen (secondary N) is 1. The number of hydrogen-bond acceptors (Lipinski definition) is 4. The smallest absolute Gasteiger partial charge is 0.215 e. The van der Waals surface area contributed by atoms with E-state index in [1.807, 2.05) is 11.8 Å². The molecule has 1 aromatic rings. The molecule has 1 atom stereocenters. The van der Waals surface area contributed by atoms with Crippen molar-refractivity contribution in [3.8, 4) is 0 Å². The number of nitrogens with two attached hydrogens (primary N) is 1. The highest BCUT2D eigenvalue weighted by atomic mass is 32.2. The lowest BCUT2D eigenvalue weighted by atomic mass is 10.1. The van der Waals surface area contributed by atoms with Crippen molar-refractivity contribution >= 4 is 39.0 Å². The molecule has 0 saturated carbocycles. The second kappa shape index (κ2) is 6.89. The van der Waals surface area contributed by atoms with Crippen molar-refractivity contribution in [2.75, 3.05) is 18.1 Å². The van der Waals surface area contributed by atoms with Crippen molar-refractivity contribution in [2.24, 2.45) is 11.7 Å². The monoisotopic (exact) mass is 330 g/mol. The van der Waals surface area contributed by atoms with Crippen molar-refractivity contribution in [1.82, 2.24) is 4.72 Å². The molecule has 1 heterocycles. The van der Waals surface area contributed by atoms with Crippen molar-refractivity contribution < 1.29 is 8.42 Å². The Balaban J connectivity index is 2.02. The number of hydrogen-bond donors (Lipinski definition) is 2. The maximum Gasteiger partial charge on any atom is 0.215 e. The standard InChI is InChI=1S/C13H18N2O2S3/c14-13(18)12-4-2-1-3-11(12)9-20(16,17)15-7-10-5-6-19-8-10/h1-4,10,15H,5-9H2,(H2,14,18). The van der Waals surface area contributed by atoms with Gasteiger partial charge in [-0.15, -0.1) is 0 Å². The molecule has 110 valence electrons. The van der Waals surface area contributed by atoms with Crippen LogP contribution in [0.25, 0.3) is 0 Å². The van der Waals surface area contributed by atoms with E-state index in [1.54, 1.807) is 24.3 Å². The molecule has 1 aliphatic heterocycles. The molecule has 1 unspecified atom stereocenters. The zero-order chi connectivity index (χ0) is 14.6. The molecule has 1 fully saturated rings. The predicted molar refractivity (Wildman–Crippen MR) is 88.4 cm³/mol. The van der Waals surface area contributed by atoms with Gasteiger partial charge in [-0.05, 0) is 29.4 Å². The van der Waals surface area contributed by atoms with E-state index in [2.05, 4.69) is 4.72 Å². The molecule has 0 aliphatic carbocycles. The van der Waals surface area contributed by atoms with Crippen LogP contribution in [0, 0.1) is 5.92 Å². The Morgan fingerprint density at radius 3 is 2.85 bits per heavy atom. The average molecular weight is 331 g/mol. The van der Waals surface area contributed by atoms with Crippen LogP contribution in [-0.4, -0.2) is 31.5 Å². The SMILES string of the molecule is NC(=S)c1ccccc1CS(=O)(=O)NCC1CCSC1. The average Bonchev–Trinajstić information content (AvgIpc) is 2.89. The highest BCUT2D eigenvalue weighted by Gasteiger charge is 2.20. The zero-order valence-corrected chi connectivity index (χ0v) is 13.5. The molecule has 0 amide bonds. The third-order valence-electron chi connectivity index (χ3n) is 3.24. The molecule has 1 aromatic carbocycles. The Kier molecular flexibility index (Phi) is 5.42. The van der Waals surface area contributed by atoms with Gasteiger partial charge in [0, 0.05) is 12.1 Å². The Bertz CT molecular complexity index is 581. The zero-order valence-electron chi connectivity index (χ0n) is 11.0. The van der Waals surface area contributed by atoms with Crippen molar-refractivity contribution in [3.05, 3.63) is 35.4 Å². The summed E-state index contributed by atoms with van der Waals surface area (Å²) < 4.78 is 26.9. The number of thioether (sulfide) groups is 1. The Labute approximate surface area is 129 Å². The molecule has 3 N–H and O–H groups in total. The third-order valence-corrected chi connectivity index (χ3v) is 5.99. The van der Waals surface area contributed by atoms with Gasteiger partial charge in [0.1, 0.15) is 4.99 Å².